The van der Waals surface area contributed by atoms with Crippen LogP contribution in [0.1, 0.15) is 48.3 Å². The van der Waals surface area contributed by atoms with Gasteiger partial charge in [-0.3, -0.25) is 4.79 Å². The molecule has 1 aromatic carbocycles. The number of nitrogens with zero attached hydrogens (tertiary/aromatic N) is 4. The molecule has 5 rings (SSSR count). The molecule has 1 saturated heterocycles. The zero-order valence-corrected chi connectivity index (χ0v) is 22.4. The Morgan fingerprint density at radius 2 is 1.87 bits per heavy atom. The van der Waals surface area contributed by atoms with Crippen molar-refractivity contribution in [1.82, 2.24) is 20.3 Å². The van der Waals surface area contributed by atoms with Crippen LogP contribution in [0, 0.1) is 24.2 Å². The van der Waals surface area contributed by atoms with Crippen LogP contribution in [-0.2, 0) is 14.3 Å². The Morgan fingerprint density at radius 3 is 2.54 bits per heavy atom. The van der Waals surface area contributed by atoms with E-state index < -0.39 is 5.92 Å². The monoisotopic (exact) mass is 529 g/mol. The van der Waals surface area contributed by atoms with Gasteiger partial charge >= 0.3 is 0 Å². The molecule has 1 atom stereocenters. The standard InChI is InChI=1S/C29H35N7O3/c1-18-3-6-20-7-10-26(36-27(20)24(18)11-30)34-22-8-4-19(5-9-22)12-31-29-32-13-21(14-33-29)25(17-38-2)28(37)35-23-15-39-16-23/h3,6-7,10,13-14,19,22-23,25H,4-5,8-9,12,15-17H2,1-2H3,(H,34,36)(H,35,37)(H,31,32,33)/t19-,22-,25-/m1/s1. The summed E-state index contributed by atoms with van der Waals surface area (Å²) in [6.07, 6.45) is 7.66. The van der Waals surface area contributed by atoms with Gasteiger partial charge in [0.05, 0.1) is 42.9 Å². The Labute approximate surface area is 228 Å². The van der Waals surface area contributed by atoms with E-state index in [1.807, 2.05) is 31.2 Å². The number of carbonyl (C=O) groups is 1. The number of methoxy groups -OCH3 is 1. The lowest BCUT2D eigenvalue weighted by Gasteiger charge is -2.29. The first-order valence-corrected chi connectivity index (χ1v) is 13.5. The number of hydrogen-bond acceptors (Lipinski definition) is 9. The van der Waals surface area contributed by atoms with Crippen molar-refractivity contribution in [2.45, 2.75) is 50.6 Å². The lowest BCUT2D eigenvalue weighted by molar-refractivity contribution is -0.127. The van der Waals surface area contributed by atoms with Crippen LogP contribution in [-0.4, -0.2) is 66.4 Å². The number of amides is 1. The van der Waals surface area contributed by atoms with Crippen LogP contribution < -0.4 is 16.0 Å². The van der Waals surface area contributed by atoms with Gasteiger partial charge in [0, 0.05) is 43.0 Å². The fourth-order valence-corrected chi connectivity index (χ4v) is 5.19. The van der Waals surface area contributed by atoms with Gasteiger partial charge in [-0.05, 0) is 56.2 Å². The summed E-state index contributed by atoms with van der Waals surface area (Å²) in [4.78, 5) is 26.3. The van der Waals surface area contributed by atoms with Crippen molar-refractivity contribution in [3.05, 3.63) is 53.3 Å². The number of carbonyl (C=O) groups excluding carboxylic acids is 1. The van der Waals surface area contributed by atoms with Crippen LogP contribution >= 0.6 is 0 Å². The highest BCUT2D eigenvalue weighted by atomic mass is 16.5. The summed E-state index contributed by atoms with van der Waals surface area (Å²) < 4.78 is 10.4. The molecule has 0 radical (unpaired) electrons. The first-order chi connectivity index (χ1) is 19.0. The number of nitriles is 1. The van der Waals surface area contributed by atoms with Crippen LogP contribution in [0.15, 0.2) is 36.7 Å². The van der Waals surface area contributed by atoms with Crippen molar-refractivity contribution in [2.75, 3.05) is 44.1 Å². The molecule has 2 aliphatic rings. The predicted octanol–water partition coefficient (Wildman–Crippen LogP) is 3.53. The minimum Gasteiger partial charge on any atom is -0.384 e. The zero-order valence-electron chi connectivity index (χ0n) is 22.4. The van der Waals surface area contributed by atoms with E-state index in [0.29, 0.717) is 36.7 Å². The van der Waals surface area contributed by atoms with E-state index in [2.05, 4.69) is 32.0 Å². The normalized spacial score (nSPS) is 20.0. The van der Waals surface area contributed by atoms with E-state index in [0.717, 1.165) is 60.1 Å². The van der Waals surface area contributed by atoms with Crippen molar-refractivity contribution < 1.29 is 14.3 Å². The van der Waals surface area contributed by atoms with E-state index in [1.54, 1.807) is 19.5 Å². The molecule has 1 saturated carbocycles. The second kappa shape index (κ2) is 12.4. The molecule has 1 amide bonds. The summed E-state index contributed by atoms with van der Waals surface area (Å²) in [6.45, 7) is 4.10. The van der Waals surface area contributed by atoms with Gasteiger partial charge in [-0.1, -0.05) is 12.1 Å². The Hall–Kier alpha value is -3.81. The first-order valence-electron chi connectivity index (χ1n) is 13.5. The molecule has 0 bridgehead atoms. The number of aryl methyl sites for hydroxylation is 1. The molecule has 2 fully saturated rings. The zero-order chi connectivity index (χ0) is 27.2. The highest BCUT2D eigenvalue weighted by molar-refractivity contribution is 5.86. The summed E-state index contributed by atoms with van der Waals surface area (Å²) in [6, 6.07) is 10.7. The molecule has 10 heteroatoms. The molecular formula is C29H35N7O3. The van der Waals surface area contributed by atoms with E-state index in [-0.39, 0.29) is 18.6 Å². The summed E-state index contributed by atoms with van der Waals surface area (Å²) in [7, 11) is 1.58. The molecule has 3 aromatic rings. The summed E-state index contributed by atoms with van der Waals surface area (Å²) in [5.74, 6) is 1.35. The number of anilines is 2. The van der Waals surface area contributed by atoms with Crippen molar-refractivity contribution in [3.63, 3.8) is 0 Å². The lowest BCUT2D eigenvalue weighted by atomic mass is 9.86. The molecule has 2 aromatic heterocycles. The van der Waals surface area contributed by atoms with Crippen LogP contribution in [0.3, 0.4) is 0 Å². The fourth-order valence-electron chi connectivity index (χ4n) is 5.19. The third-order valence-corrected chi connectivity index (χ3v) is 7.64. The topological polar surface area (TPSA) is 134 Å². The number of fused-ring (bicyclic) bond motifs is 1. The molecule has 3 N–H and O–H groups in total. The smallest absolute Gasteiger partial charge is 0.230 e. The second-order valence-corrected chi connectivity index (χ2v) is 10.5. The molecule has 1 aliphatic heterocycles. The average molecular weight is 530 g/mol. The maximum absolute atomic E-state index is 12.7. The molecule has 3 heterocycles. The minimum atomic E-state index is -0.458. The van der Waals surface area contributed by atoms with Crippen molar-refractivity contribution >= 4 is 28.6 Å². The predicted molar refractivity (Wildman–Crippen MR) is 148 cm³/mol. The second-order valence-electron chi connectivity index (χ2n) is 10.5. The van der Waals surface area contributed by atoms with Gasteiger partial charge in [-0.25, -0.2) is 15.0 Å². The van der Waals surface area contributed by atoms with Gasteiger partial charge < -0.3 is 25.4 Å². The molecule has 0 spiro atoms. The highest BCUT2D eigenvalue weighted by Gasteiger charge is 2.27. The highest BCUT2D eigenvalue weighted by Crippen LogP contribution is 2.28. The maximum atomic E-state index is 12.7. The first kappa shape index (κ1) is 26.8. The van der Waals surface area contributed by atoms with E-state index >= 15 is 0 Å². The Morgan fingerprint density at radius 1 is 1.13 bits per heavy atom. The lowest BCUT2D eigenvalue weighted by Crippen LogP contribution is -2.50. The number of aromatic nitrogens is 3. The number of pyridine rings is 1. The van der Waals surface area contributed by atoms with E-state index in [9.17, 15) is 10.1 Å². The number of rotatable bonds is 10. The van der Waals surface area contributed by atoms with Crippen LogP contribution in [0.2, 0.25) is 0 Å². The van der Waals surface area contributed by atoms with Gasteiger partial charge in [-0.15, -0.1) is 0 Å². The van der Waals surface area contributed by atoms with Gasteiger partial charge in [0.25, 0.3) is 0 Å². The fraction of sp³-hybridized carbons (Fsp3) is 0.483. The van der Waals surface area contributed by atoms with Gasteiger partial charge in [0.15, 0.2) is 0 Å². The van der Waals surface area contributed by atoms with E-state index in [4.69, 9.17) is 14.5 Å². The SMILES string of the molecule is COC[C@@H](C(=O)NC1COC1)c1cnc(NC[C@H]2CC[C@H](Nc3ccc4ccc(C)c(C#N)c4n3)CC2)nc1. The minimum absolute atomic E-state index is 0.0635. The van der Waals surface area contributed by atoms with Gasteiger partial charge in [-0.2, -0.15) is 5.26 Å². The average Bonchev–Trinajstić information content (AvgIpc) is 2.93. The molecule has 1 aliphatic carbocycles. The number of hydrogen-bond donors (Lipinski definition) is 3. The Kier molecular flexibility index (Phi) is 8.49. The molecule has 0 unspecified atom stereocenters. The summed E-state index contributed by atoms with van der Waals surface area (Å²) in [5, 5.41) is 20.5. The third kappa shape index (κ3) is 6.44. The van der Waals surface area contributed by atoms with E-state index in [1.165, 1.54) is 0 Å². The Balaban J connectivity index is 1.10. The van der Waals surface area contributed by atoms with Crippen LogP contribution in [0.5, 0.6) is 0 Å². The van der Waals surface area contributed by atoms with Crippen LogP contribution in [0.4, 0.5) is 11.8 Å². The van der Waals surface area contributed by atoms with Gasteiger partial charge in [0.1, 0.15) is 11.9 Å². The quantitative estimate of drug-likeness (QED) is 0.360. The summed E-state index contributed by atoms with van der Waals surface area (Å²) >= 11 is 0. The van der Waals surface area contributed by atoms with Crippen molar-refractivity contribution in [3.8, 4) is 6.07 Å². The Bertz CT molecular complexity index is 1330. The van der Waals surface area contributed by atoms with Crippen molar-refractivity contribution in [1.29, 1.82) is 5.26 Å². The molecule has 39 heavy (non-hydrogen) atoms. The summed E-state index contributed by atoms with van der Waals surface area (Å²) in [5.41, 5.74) is 3.07. The largest absolute Gasteiger partial charge is 0.384 e. The molecular weight excluding hydrogens is 494 g/mol. The maximum Gasteiger partial charge on any atom is 0.230 e. The molecule has 10 nitrogen and oxygen atoms in total. The number of ether oxygens (including phenoxy) is 2. The van der Waals surface area contributed by atoms with Crippen molar-refractivity contribution in [2.24, 2.45) is 5.92 Å². The third-order valence-electron chi connectivity index (χ3n) is 7.64. The van der Waals surface area contributed by atoms with Crippen LogP contribution in [0.25, 0.3) is 10.9 Å². The molecule has 204 valence electrons. The van der Waals surface area contributed by atoms with Gasteiger partial charge in [0.2, 0.25) is 11.9 Å². The number of nitrogens with one attached hydrogen (secondary N) is 3. The number of benzene rings is 1.